The number of amides is 2. The number of aryl methyl sites for hydroxylation is 2. The van der Waals surface area contributed by atoms with Crippen molar-refractivity contribution >= 4 is 17.4 Å². The number of carbonyl (C=O) groups excluding carboxylic acids is 1. The number of thiazole rings is 1. The first-order chi connectivity index (χ1) is 9.69. The monoisotopic (exact) mass is 293 g/mol. The van der Waals surface area contributed by atoms with Crippen molar-refractivity contribution in [2.75, 3.05) is 6.54 Å². The van der Waals surface area contributed by atoms with E-state index < -0.39 is 0 Å². The van der Waals surface area contributed by atoms with Gasteiger partial charge in [0.25, 0.3) is 0 Å². The zero-order valence-corrected chi connectivity index (χ0v) is 12.5. The van der Waals surface area contributed by atoms with Gasteiger partial charge in [-0.15, -0.1) is 11.3 Å². The summed E-state index contributed by atoms with van der Waals surface area (Å²) >= 11 is 1.70. The number of carbonyl (C=O) groups is 1. The Labute approximate surface area is 122 Å². The molecule has 0 fully saturated rings. The molecule has 0 aliphatic carbocycles. The third-order valence-corrected chi connectivity index (χ3v) is 3.97. The predicted molar refractivity (Wildman–Crippen MR) is 78.9 cm³/mol. The predicted octanol–water partition coefficient (Wildman–Crippen LogP) is 2.65. The summed E-state index contributed by atoms with van der Waals surface area (Å²) in [5.41, 5.74) is 1.16. The van der Waals surface area contributed by atoms with Crippen molar-refractivity contribution in [3.05, 3.63) is 39.7 Å². The number of furan rings is 1. The molecule has 0 spiro atoms. The number of nitrogens with zero attached hydrogens (tertiary/aromatic N) is 1. The van der Waals surface area contributed by atoms with E-state index in [1.807, 2.05) is 6.07 Å². The first-order valence-electron chi connectivity index (χ1n) is 6.68. The van der Waals surface area contributed by atoms with Gasteiger partial charge in [0.05, 0.1) is 23.5 Å². The van der Waals surface area contributed by atoms with E-state index in [9.17, 15) is 4.79 Å². The van der Waals surface area contributed by atoms with Crippen molar-refractivity contribution in [3.63, 3.8) is 0 Å². The lowest BCUT2D eigenvalue weighted by Gasteiger charge is -2.05. The summed E-state index contributed by atoms with van der Waals surface area (Å²) in [7, 11) is 0. The highest BCUT2D eigenvalue weighted by Crippen LogP contribution is 2.17. The summed E-state index contributed by atoms with van der Waals surface area (Å²) in [6.45, 7) is 5.17. The fourth-order valence-corrected chi connectivity index (χ4v) is 2.87. The quantitative estimate of drug-likeness (QED) is 0.860. The first kappa shape index (κ1) is 14.6. The van der Waals surface area contributed by atoms with E-state index in [1.54, 1.807) is 23.7 Å². The van der Waals surface area contributed by atoms with Gasteiger partial charge in [-0.25, -0.2) is 9.78 Å². The molecule has 2 aromatic rings. The number of aromatic nitrogens is 1. The summed E-state index contributed by atoms with van der Waals surface area (Å²) in [5.74, 6) is 0.739. The van der Waals surface area contributed by atoms with E-state index in [0.29, 0.717) is 13.1 Å². The smallest absolute Gasteiger partial charge is 0.315 e. The normalized spacial score (nSPS) is 10.5. The lowest BCUT2D eigenvalue weighted by Crippen LogP contribution is -2.36. The average Bonchev–Trinajstić information content (AvgIpc) is 3.06. The van der Waals surface area contributed by atoms with E-state index in [1.165, 1.54) is 4.88 Å². The lowest BCUT2D eigenvalue weighted by molar-refractivity contribution is 0.239. The summed E-state index contributed by atoms with van der Waals surface area (Å²) in [6.07, 6.45) is 3.31. The Morgan fingerprint density at radius 3 is 2.95 bits per heavy atom. The summed E-state index contributed by atoms with van der Waals surface area (Å²) in [4.78, 5) is 17.4. The number of urea groups is 1. The minimum absolute atomic E-state index is 0.189. The topological polar surface area (TPSA) is 67.2 Å². The minimum Gasteiger partial charge on any atom is -0.467 e. The third kappa shape index (κ3) is 4.09. The van der Waals surface area contributed by atoms with Crippen LogP contribution in [0.4, 0.5) is 4.79 Å². The van der Waals surface area contributed by atoms with Gasteiger partial charge in [0.1, 0.15) is 5.76 Å². The maximum Gasteiger partial charge on any atom is 0.315 e. The van der Waals surface area contributed by atoms with Crippen molar-refractivity contribution in [1.29, 1.82) is 0 Å². The van der Waals surface area contributed by atoms with Crippen molar-refractivity contribution in [2.24, 2.45) is 0 Å². The maximum atomic E-state index is 11.6. The van der Waals surface area contributed by atoms with Crippen molar-refractivity contribution in [3.8, 4) is 0 Å². The molecule has 0 saturated carbocycles. The molecule has 2 amide bonds. The van der Waals surface area contributed by atoms with Crippen LogP contribution < -0.4 is 10.6 Å². The van der Waals surface area contributed by atoms with Crippen LogP contribution in [0.5, 0.6) is 0 Å². The molecule has 2 aromatic heterocycles. The highest BCUT2D eigenvalue weighted by atomic mass is 32.1. The van der Waals surface area contributed by atoms with E-state index in [0.717, 1.165) is 29.3 Å². The van der Waals surface area contributed by atoms with Crippen molar-refractivity contribution in [1.82, 2.24) is 15.6 Å². The molecular formula is C14H19N3O2S. The Balaban J connectivity index is 1.68. The number of nitrogens with one attached hydrogen (secondary N) is 2. The van der Waals surface area contributed by atoms with Crippen LogP contribution in [0.25, 0.3) is 0 Å². The van der Waals surface area contributed by atoms with Crippen LogP contribution in [-0.2, 0) is 19.4 Å². The van der Waals surface area contributed by atoms with E-state index in [2.05, 4.69) is 29.5 Å². The SMILES string of the molecule is CCc1nc(CCNC(=O)NCc2ccco2)sc1C. The van der Waals surface area contributed by atoms with Gasteiger partial charge in [0.2, 0.25) is 0 Å². The van der Waals surface area contributed by atoms with E-state index in [-0.39, 0.29) is 6.03 Å². The van der Waals surface area contributed by atoms with Crippen LogP contribution in [-0.4, -0.2) is 17.6 Å². The standard InChI is InChI=1S/C14H19N3O2S/c1-3-12-10(2)20-13(17-12)6-7-15-14(18)16-9-11-5-4-8-19-11/h4-5,8H,3,6-7,9H2,1-2H3,(H2,15,16,18). The molecular weight excluding hydrogens is 274 g/mol. The Morgan fingerprint density at radius 1 is 1.45 bits per heavy atom. The second-order valence-corrected chi connectivity index (χ2v) is 5.69. The number of hydrogen-bond acceptors (Lipinski definition) is 4. The molecule has 0 unspecified atom stereocenters. The van der Waals surface area contributed by atoms with Gasteiger partial charge < -0.3 is 15.1 Å². The highest BCUT2D eigenvalue weighted by molar-refractivity contribution is 7.11. The van der Waals surface area contributed by atoms with Gasteiger partial charge in [-0.05, 0) is 25.5 Å². The molecule has 2 N–H and O–H groups in total. The molecule has 6 heteroatoms. The third-order valence-electron chi connectivity index (χ3n) is 2.90. The molecule has 0 aliphatic rings. The zero-order valence-electron chi connectivity index (χ0n) is 11.7. The second kappa shape index (κ2) is 7.09. The molecule has 2 heterocycles. The van der Waals surface area contributed by atoms with E-state index >= 15 is 0 Å². The van der Waals surface area contributed by atoms with Crippen LogP contribution >= 0.6 is 11.3 Å². The molecule has 0 bridgehead atoms. The molecule has 0 radical (unpaired) electrons. The average molecular weight is 293 g/mol. The maximum absolute atomic E-state index is 11.6. The van der Waals surface area contributed by atoms with Gasteiger partial charge in [-0.3, -0.25) is 0 Å². The van der Waals surface area contributed by atoms with Gasteiger partial charge in [-0.2, -0.15) is 0 Å². The molecule has 0 aromatic carbocycles. The Hall–Kier alpha value is -1.82. The number of rotatable bonds is 6. The van der Waals surface area contributed by atoms with Crippen LogP contribution in [0.3, 0.4) is 0 Å². The fourth-order valence-electron chi connectivity index (χ4n) is 1.85. The molecule has 20 heavy (non-hydrogen) atoms. The zero-order chi connectivity index (χ0) is 14.4. The van der Waals surface area contributed by atoms with Gasteiger partial charge in [0.15, 0.2) is 0 Å². The van der Waals surface area contributed by atoms with E-state index in [4.69, 9.17) is 4.42 Å². The lowest BCUT2D eigenvalue weighted by atomic mass is 10.3. The van der Waals surface area contributed by atoms with Gasteiger partial charge >= 0.3 is 6.03 Å². The number of hydrogen-bond donors (Lipinski definition) is 2. The Kier molecular flexibility index (Phi) is 5.17. The molecule has 5 nitrogen and oxygen atoms in total. The van der Waals surface area contributed by atoms with Crippen LogP contribution in [0, 0.1) is 6.92 Å². The molecule has 2 rings (SSSR count). The van der Waals surface area contributed by atoms with Crippen molar-refractivity contribution in [2.45, 2.75) is 33.2 Å². The second-order valence-electron chi connectivity index (χ2n) is 4.40. The first-order valence-corrected chi connectivity index (χ1v) is 7.50. The van der Waals surface area contributed by atoms with Crippen LogP contribution in [0.15, 0.2) is 22.8 Å². The summed E-state index contributed by atoms with van der Waals surface area (Å²) < 4.78 is 5.14. The molecule has 0 aliphatic heterocycles. The Bertz CT molecular complexity index is 549. The molecule has 108 valence electrons. The molecule has 0 atom stereocenters. The van der Waals surface area contributed by atoms with Gasteiger partial charge in [-0.1, -0.05) is 6.92 Å². The largest absolute Gasteiger partial charge is 0.467 e. The molecule has 0 saturated heterocycles. The highest BCUT2D eigenvalue weighted by Gasteiger charge is 2.06. The van der Waals surface area contributed by atoms with Crippen LogP contribution in [0.1, 0.15) is 28.3 Å². The summed E-state index contributed by atoms with van der Waals surface area (Å²) in [5, 5.41) is 6.63. The van der Waals surface area contributed by atoms with Gasteiger partial charge in [0, 0.05) is 17.8 Å². The Morgan fingerprint density at radius 2 is 2.30 bits per heavy atom. The van der Waals surface area contributed by atoms with Crippen LogP contribution in [0.2, 0.25) is 0 Å². The fraction of sp³-hybridized carbons (Fsp3) is 0.429. The van der Waals surface area contributed by atoms with Crippen molar-refractivity contribution < 1.29 is 9.21 Å². The summed E-state index contributed by atoms with van der Waals surface area (Å²) in [6, 6.07) is 3.43. The minimum atomic E-state index is -0.189.